The number of hydrogen-bond donors (Lipinski definition) is 1. The van der Waals surface area contributed by atoms with E-state index in [2.05, 4.69) is 22.4 Å². The Balaban J connectivity index is 2.39. The number of aromatic nitrogens is 4. The van der Waals surface area contributed by atoms with Gasteiger partial charge in [0.1, 0.15) is 0 Å². The molecule has 0 amide bonds. The van der Waals surface area contributed by atoms with Crippen molar-refractivity contribution in [1.82, 2.24) is 24.9 Å². The fourth-order valence-corrected chi connectivity index (χ4v) is 2.98. The molecule has 0 radical (unpaired) electrons. The summed E-state index contributed by atoms with van der Waals surface area (Å²) >= 11 is 6.36. The Morgan fingerprint density at radius 1 is 1.10 bits per heavy atom. The van der Waals surface area contributed by atoms with Crippen LogP contribution in [0.1, 0.15) is 34.4 Å². The van der Waals surface area contributed by atoms with Gasteiger partial charge in [0.05, 0.1) is 22.1 Å². The minimum Gasteiger partial charge on any atom is -0.313 e. The first-order chi connectivity index (χ1) is 9.36. The van der Waals surface area contributed by atoms with Crippen LogP contribution >= 0.6 is 11.6 Å². The Morgan fingerprint density at radius 3 is 2.10 bits per heavy atom. The third kappa shape index (κ3) is 2.47. The molecule has 0 bridgehead atoms. The van der Waals surface area contributed by atoms with Crippen molar-refractivity contribution in [3.63, 3.8) is 0 Å². The predicted molar refractivity (Wildman–Crippen MR) is 81.1 cm³/mol. The van der Waals surface area contributed by atoms with E-state index in [1.54, 1.807) is 0 Å². The van der Waals surface area contributed by atoms with E-state index in [0.29, 0.717) is 0 Å². The summed E-state index contributed by atoms with van der Waals surface area (Å²) in [5.74, 6) is 0. The van der Waals surface area contributed by atoms with E-state index in [9.17, 15) is 0 Å². The van der Waals surface area contributed by atoms with Gasteiger partial charge in [0.25, 0.3) is 0 Å². The van der Waals surface area contributed by atoms with Crippen molar-refractivity contribution < 1.29 is 0 Å². The van der Waals surface area contributed by atoms with Gasteiger partial charge in [-0.3, -0.25) is 9.36 Å². The molecule has 1 N–H and O–H groups in total. The molecule has 0 aliphatic carbocycles. The minimum atomic E-state index is 0.177. The van der Waals surface area contributed by atoms with Crippen LogP contribution in [-0.2, 0) is 20.5 Å². The summed E-state index contributed by atoms with van der Waals surface area (Å²) in [6.45, 7) is 6.07. The topological polar surface area (TPSA) is 47.7 Å². The van der Waals surface area contributed by atoms with Gasteiger partial charge in [-0.05, 0) is 27.8 Å². The summed E-state index contributed by atoms with van der Waals surface area (Å²) in [5, 5.41) is 13.0. The van der Waals surface area contributed by atoms with Gasteiger partial charge in [-0.1, -0.05) is 11.6 Å². The SMILES string of the molecule is CNC(Cc1c(Cl)c(C)nn1C)c1c(C)nn(C)c1C. The third-order valence-electron chi connectivity index (χ3n) is 3.92. The molecule has 0 aliphatic rings. The maximum atomic E-state index is 6.36. The van der Waals surface area contributed by atoms with Crippen LogP contribution in [0.4, 0.5) is 0 Å². The number of halogens is 1. The summed E-state index contributed by atoms with van der Waals surface area (Å²) in [7, 11) is 5.87. The van der Waals surface area contributed by atoms with Crippen molar-refractivity contribution in [3.05, 3.63) is 33.4 Å². The summed E-state index contributed by atoms with van der Waals surface area (Å²) in [4.78, 5) is 0. The van der Waals surface area contributed by atoms with Crippen LogP contribution in [0.2, 0.25) is 5.02 Å². The lowest BCUT2D eigenvalue weighted by Crippen LogP contribution is -2.21. The molecule has 0 fully saturated rings. The van der Waals surface area contributed by atoms with Crippen LogP contribution in [0.15, 0.2) is 0 Å². The molecule has 1 unspecified atom stereocenters. The number of nitrogens with one attached hydrogen (secondary N) is 1. The van der Waals surface area contributed by atoms with E-state index in [1.165, 1.54) is 11.3 Å². The quantitative estimate of drug-likeness (QED) is 0.941. The summed E-state index contributed by atoms with van der Waals surface area (Å²) in [6, 6.07) is 0.177. The second kappa shape index (κ2) is 5.58. The molecule has 0 aliphatic heterocycles. The highest BCUT2D eigenvalue weighted by Crippen LogP contribution is 2.28. The second-order valence-corrected chi connectivity index (χ2v) is 5.60. The lowest BCUT2D eigenvalue weighted by Gasteiger charge is -2.17. The molecule has 0 aromatic carbocycles. The van der Waals surface area contributed by atoms with E-state index in [0.717, 1.165) is 28.5 Å². The molecule has 6 heteroatoms. The van der Waals surface area contributed by atoms with Gasteiger partial charge in [-0.2, -0.15) is 10.2 Å². The molecule has 0 spiro atoms. The van der Waals surface area contributed by atoms with Gasteiger partial charge >= 0.3 is 0 Å². The van der Waals surface area contributed by atoms with Crippen molar-refractivity contribution in [1.29, 1.82) is 0 Å². The van der Waals surface area contributed by atoms with Gasteiger partial charge in [0, 0.05) is 37.8 Å². The molecular formula is C14H22ClN5. The summed E-state index contributed by atoms with van der Waals surface area (Å²) in [5.41, 5.74) is 5.39. The first kappa shape index (κ1) is 15.1. The van der Waals surface area contributed by atoms with E-state index >= 15 is 0 Å². The first-order valence-corrected chi connectivity index (χ1v) is 7.09. The molecule has 110 valence electrons. The molecule has 2 rings (SSSR count). The number of nitrogens with zero attached hydrogens (tertiary/aromatic N) is 4. The normalized spacial score (nSPS) is 12.9. The molecule has 2 aromatic rings. The van der Waals surface area contributed by atoms with Crippen LogP contribution in [0, 0.1) is 20.8 Å². The van der Waals surface area contributed by atoms with Crippen molar-refractivity contribution in [3.8, 4) is 0 Å². The maximum absolute atomic E-state index is 6.36. The zero-order valence-corrected chi connectivity index (χ0v) is 13.7. The fourth-order valence-electron chi connectivity index (χ4n) is 2.74. The zero-order valence-electron chi connectivity index (χ0n) is 13.0. The fraction of sp³-hybridized carbons (Fsp3) is 0.571. The number of hydrogen-bond acceptors (Lipinski definition) is 3. The molecule has 1 atom stereocenters. The van der Waals surface area contributed by atoms with E-state index in [-0.39, 0.29) is 6.04 Å². The van der Waals surface area contributed by atoms with Crippen LogP contribution in [0.25, 0.3) is 0 Å². The van der Waals surface area contributed by atoms with Crippen molar-refractivity contribution in [2.24, 2.45) is 14.1 Å². The van der Waals surface area contributed by atoms with Crippen LogP contribution < -0.4 is 5.32 Å². The molecule has 0 saturated carbocycles. The first-order valence-electron chi connectivity index (χ1n) is 6.72. The average Bonchev–Trinajstić information content (AvgIpc) is 2.77. The van der Waals surface area contributed by atoms with Crippen molar-refractivity contribution in [2.75, 3.05) is 7.05 Å². The number of aryl methyl sites for hydroxylation is 4. The average molecular weight is 296 g/mol. The Bertz CT molecular complexity index is 626. The van der Waals surface area contributed by atoms with Crippen LogP contribution in [-0.4, -0.2) is 26.6 Å². The second-order valence-electron chi connectivity index (χ2n) is 5.22. The highest BCUT2D eigenvalue weighted by Gasteiger charge is 2.22. The minimum absolute atomic E-state index is 0.177. The van der Waals surface area contributed by atoms with Gasteiger partial charge in [-0.15, -0.1) is 0 Å². The van der Waals surface area contributed by atoms with Gasteiger partial charge in [-0.25, -0.2) is 0 Å². The van der Waals surface area contributed by atoms with E-state index < -0.39 is 0 Å². The third-order valence-corrected chi connectivity index (χ3v) is 4.41. The van der Waals surface area contributed by atoms with Crippen LogP contribution in [0.3, 0.4) is 0 Å². The van der Waals surface area contributed by atoms with Crippen molar-refractivity contribution in [2.45, 2.75) is 33.2 Å². The Hall–Kier alpha value is -1.33. The van der Waals surface area contributed by atoms with Gasteiger partial charge < -0.3 is 5.32 Å². The molecule has 0 saturated heterocycles. The smallest absolute Gasteiger partial charge is 0.0847 e. The van der Waals surface area contributed by atoms with E-state index in [4.69, 9.17) is 11.6 Å². The Labute approximate surface area is 124 Å². The highest BCUT2D eigenvalue weighted by molar-refractivity contribution is 6.31. The summed E-state index contributed by atoms with van der Waals surface area (Å²) in [6.07, 6.45) is 0.792. The monoisotopic (exact) mass is 295 g/mol. The lowest BCUT2D eigenvalue weighted by molar-refractivity contribution is 0.556. The van der Waals surface area contributed by atoms with Gasteiger partial charge in [0.2, 0.25) is 0 Å². The Kier molecular flexibility index (Phi) is 4.20. The van der Waals surface area contributed by atoms with Crippen LogP contribution in [0.5, 0.6) is 0 Å². The molecule has 20 heavy (non-hydrogen) atoms. The summed E-state index contributed by atoms with van der Waals surface area (Å²) < 4.78 is 3.79. The highest BCUT2D eigenvalue weighted by atomic mass is 35.5. The largest absolute Gasteiger partial charge is 0.313 e. The van der Waals surface area contributed by atoms with E-state index in [1.807, 2.05) is 44.4 Å². The Morgan fingerprint density at radius 2 is 1.70 bits per heavy atom. The molecule has 2 aromatic heterocycles. The lowest BCUT2D eigenvalue weighted by atomic mass is 10.00. The zero-order chi connectivity index (χ0) is 15.0. The van der Waals surface area contributed by atoms with Crippen molar-refractivity contribution >= 4 is 11.6 Å². The molecule has 2 heterocycles. The number of likely N-dealkylation sites (N-methyl/N-ethyl adjacent to an activating group) is 1. The van der Waals surface area contributed by atoms with Gasteiger partial charge in [0.15, 0.2) is 0 Å². The number of rotatable bonds is 4. The molecular weight excluding hydrogens is 274 g/mol. The predicted octanol–water partition coefficient (Wildman–Crippen LogP) is 2.24. The molecule has 5 nitrogen and oxygen atoms in total. The standard InChI is InChI=1S/C14H22ClN5/c1-8-13(10(3)19(5)17-8)11(16-4)7-12-14(15)9(2)18-20(12)6/h11,16H,7H2,1-6H3. The maximum Gasteiger partial charge on any atom is 0.0847 e.